The molecule has 1 heterocycles. The maximum absolute atomic E-state index is 12.1. The summed E-state index contributed by atoms with van der Waals surface area (Å²) in [6.07, 6.45) is 2.14. The van der Waals surface area contributed by atoms with Crippen molar-refractivity contribution in [2.45, 2.75) is 32.7 Å². The Morgan fingerprint density at radius 2 is 1.97 bits per heavy atom. The molecule has 29 heavy (non-hydrogen) atoms. The van der Waals surface area contributed by atoms with Crippen LogP contribution in [0.25, 0.3) is 0 Å². The number of aromatic hydroxyl groups is 1. The smallest absolute Gasteiger partial charge is 0.255 e. The molecule has 162 valence electrons. The van der Waals surface area contributed by atoms with Gasteiger partial charge < -0.3 is 21.1 Å². The predicted molar refractivity (Wildman–Crippen MR) is 129 cm³/mol. The number of carbonyl (C=O) groups excluding carboxylic acids is 1. The van der Waals surface area contributed by atoms with E-state index in [2.05, 4.69) is 39.3 Å². The Morgan fingerprint density at radius 1 is 1.28 bits per heavy atom. The van der Waals surface area contributed by atoms with Gasteiger partial charge in [0, 0.05) is 38.8 Å². The maximum Gasteiger partial charge on any atom is 0.255 e. The van der Waals surface area contributed by atoms with E-state index in [4.69, 9.17) is 0 Å². The number of nitrogens with zero attached hydrogens (tertiary/aromatic N) is 2. The fourth-order valence-corrected chi connectivity index (χ4v) is 3.23. The highest BCUT2D eigenvalue weighted by Crippen LogP contribution is 2.15. The van der Waals surface area contributed by atoms with Crippen LogP contribution in [0.5, 0.6) is 5.75 Å². The number of benzene rings is 1. The van der Waals surface area contributed by atoms with Crippen LogP contribution in [0.3, 0.4) is 0 Å². The van der Waals surface area contributed by atoms with Gasteiger partial charge in [-0.3, -0.25) is 14.7 Å². The molecule has 1 fully saturated rings. The molecule has 7 nitrogen and oxygen atoms in total. The Morgan fingerprint density at radius 3 is 2.59 bits per heavy atom. The first-order valence-corrected chi connectivity index (χ1v) is 9.97. The first kappa shape index (κ1) is 25.2. The van der Waals surface area contributed by atoms with Crippen molar-refractivity contribution in [1.82, 2.24) is 20.9 Å². The molecule has 1 aromatic carbocycles. The van der Waals surface area contributed by atoms with Crippen molar-refractivity contribution in [2.24, 2.45) is 4.99 Å². The molecular weight excluding hydrogens is 481 g/mol. The molecule has 4 N–H and O–H groups in total. The molecule has 1 amide bonds. The summed E-state index contributed by atoms with van der Waals surface area (Å²) in [5.74, 6) is 0.463. The SMILES string of the molecule is C=C(C)CN1CCC(NC(=NCCNC(=O)c2ccccc2O)NCC)CC1.I. The van der Waals surface area contributed by atoms with Crippen LogP contribution in [-0.2, 0) is 0 Å². The largest absolute Gasteiger partial charge is 0.507 e. The summed E-state index contributed by atoms with van der Waals surface area (Å²) in [5.41, 5.74) is 1.48. The van der Waals surface area contributed by atoms with Gasteiger partial charge in [0.2, 0.25) is 0 Å². The van der Waals surface area contributed by atoms with Gasteiger partial charge in [0.25, 0.3) is 5.91 Å². The van der Waals surface area contributed by atoms with E-state index in [9.17, 15) is 9.90 Å². The van der Waals surface area contributed by atoms with E-state index in [-0.39, 0.29) is 41.2 Å². The molecule has 1 aliphatic heterocycles. The van der Waals surface area contributed by atoms with Crippen molar-refractivity contribution in [1.29, 1.82) is 0 Å². The Hall–Kier alpha value is -1.81. The second-order valence-corrected chi connectivity index (χ2v) is 7.19. The van der Waals surface area contributed by atoms with Gasteiger partial charge in [-0.05, 0) is 38.8 Å². The summed E-state index contributed by atoms with van der Waals surface area (Å²) in [7, 11) is 0. The highest BCUT2D eigenvalue weighted by Gasteiger charge is 2.19. The van der Waals surface area contributed by atoms with E-state index in [0.29, 0.717) is 19.1 Å². The number of phenols is 1. The van der Waals surface area contributed by atoms with E-state index < -0.39 is 0 Å². The normalized spacial score (nSPS) is 15.3. The first-order chi connectivity index (χ1) is 13.5. The Bertz CT molecular complexity index is 687. The lowest BCUT2D eigenvalue weighted by molar-refractivity contribution is 0.0952. The quantitative estimate of drug-likeness (QED) is 0.140. The van der Waals surface area contributed by atoms with Crippen LogP contribution in [0.2, 0.25) is 0 Å². The molecule has 0 atom stereocenters. The summed E-state index contributed by atoms with van der Waals surface area (Å²) < 4.78 is 0. The van der Waals surface area contributed by atoms with E-state index in [0.717, 1.165) is 45.0 Å². The molecule has 0 bridgehead atoms. The van der Waals surface area contributed by atoms with E-state index in [1.54, 1.807) is 18.2 Å². The number of aliphatic imine (C=N–C) groups is 1. The van der Waals surface area contributed by atoms with Gasteiger partial charge in [0.05, 0.1) is 12.1 Å². The molecule has 0 saturated carbocycles. The maximum atomic E-state index is 12.1. The second kappa shape index (κ2) is 13.4. The van der Waals surface area contributed by atoms with Crippen LogP contribution in [0.1, 0.15) is 37.0 Å². The Kier molecular flexibility index (Phi) is 11.7. The number of carbonyl (C=O) groups is 1. The summed E-state index contributed by atoms with van der Waals surface area (Å²) in [6.45, 7) is 12.8. The molecular formula is C21H34IN5O2. The summed E-state index contributed by atoms with van der Waals surface area (Å²) >= 11 is 0. The number of guanidine groups is 1. The molecule has 0 aromatic heterocycles. The van der Waals surface area contributed by atoms with Crippen LogP contribution >= 0.6 is 24.0 Å². The van der Waals surface area contributed by atoms with Crippen LogP contribution in [0.4, 0.5) is 0 Å². The van der Waals surface area contributed by atoms with Gasteiger partial charge in [0.1, 0.15) is 5.75 Å². The number of halogens is 1. The minimum Gasteiger partial charge on any atom is -0.507 e. The molecule has 0 unspecified atom stereocenters. The van der Waals surface area contributed by atoms with Crippen molar-refractivity contribution >= 4 is 35.8 Å². The summed E-state index contributed by atoms with van der Waals surface area (Å²) in [6, 6.07) is 6.91. The van der Waals surface area contributed by atoms with Crippen LogP contribution < -0.4 is 16.0 Å². The number of para-hydroxylation sites is 1. The Balaban J connectivity index is 0.00000420. The third-order valence-electron chi connectivity index (χ3n) is 4.58. The molecule has 1 aromatic rings. The number of phenolic OH excluding ortho intramolecular Hbond substituents is 1. The van der Waals surface area contributed by atoms with Crippen molar-refractivity contribution in [2.75, 3.05) is 39.3 Å². The lowest BCUT2D eigenvalue weighted by Crippen LogP contribution is -2.49. The molecule has 0 aliphatic carbocycles. The third kappa shape index (κ3) is 9.03. The summed E-state index contributed by atoms with van der Waals surface area (Å²) in [5, 5.41) is 19.3. The lowest BCUT2D eigenvalue weighted by Gasteiger charge is -2.33. The average molecular weight is 515 g/mol. The van der Waals surface area contributed by atoms with Gasteiger partial charge in [-0.25, -0.2) is 0 Å². The zero-order valence-corrected chi connectivity index (χ0v) is 19.7. The Labute approximate surface area is 191 Å². The summed E-state index contributed by atoms with van der Waals surface area (Å²) in [4.78, 5) is 19.1. The minimum atomic E-state index is -0.295. The van der Waals surface area contributed by atoms with Crippen molar-refractivity contribution in [3.05, 3.63) is 42.0 Å². The predicted octanol–water partition coefficient (Wildman–Crippen LogP) is 2.34. The number of likely N-dealkylation sites (tertiary alicyclic amines) is 1. The van der Waals surface area contributed by atoms with Gasteiger partial charge in [-0.1, -0.05) is 24.3 Å². The monoisotopic (exact) mass is 515 g/mol. The molecule has 8 heteroatoms. The van der Waals surface area contributed by atoms with Gasteiger partial charge in [-0.15, -0.1) is 24.0 Å². The number of hydrogen-bond donors (Lipinski definition) is 4. The average Bonchev–Trinajstić information content (AvgIpc) is 2.66. The fourth-order valence-electron chi connectivity index (χ4n) is 3.23. The third-order valence-corrected chi connectivity index (χ3v) is 4.58. The van der Waals surface area contributed by atoms with Crippen molar-refractivity contribution in [3.63, 3.8) is 0 Å². The number of piperidine rings is 1. The van der Waals surface area contributed by atoms with E-state index in [1.807, 2.05) is 6.92 Å². The lowest BCUT2D eigenvalue weighted by atomic mass is 10.0. The molecule has 0 spiro atoms. The first-order valence-electron chi connectivity index (χ1n) is 9.97. The van der Waals surface area contributed by atoms with E-state index >= 15 is 0 Å². The molecule has 0 radical (unpaired) electrons. The number of hydrogen-bond acceptors (Lipinski definition) is 4. The highest BCUT2D eigenvalue weighted by atomic mass is 127. The van der Waals surface area contributed by atoms with Crippen molar-refractivity contribution in [3.8, 4) is 5.75 Å². The molecule has 1 saturated heterocycles. The zero-order chi connectivity index (χ0) is 20.4. The number of amides is 1. The van der Waals surface area contributed by atoms with Crippen LogP contribution in [0, 0.1) is 0 Å². The van der Waals surface area contributed by atoms with Crippen LogP contribution in [0.15, 0.2) is 41.4 Å². The number of rotatable bonds is 8. The van der Waals surface area contributed by atoms with Crippen LogP contribution in [-0.4, -0.2) is 67.2 Å². The zero-order valence-electron chi connectivity index (χ0n) is 17.4. The van der Waals surface area contributed by atoms with Gasteiger partial charge >= 0.3 is 0 Å². The minimum absolute atomic E-state index is 0. The van der Waals surface area contributed by atoms with Crippen molar-refractivity contribution < 1.29 is 9.90 Å². The second-order valence-electron chi connectivity index (χ2n) is 7.19. The van der Waals surface area contributed by atoms with Gasteiger partial charge in [0.15, 0.2) is 5.96 Å². The highest BCUT2D eigenvalue weighted by molar-refractivity contribution is 14.0. The topological polar surface area (TPSA) is 89.0 Å². The molecule has 1 aliphatic rings. The fraction of sp³-hybridized carbons (Fsp3) is 0.524. The molecule has 2 rings (SSSR count). The number of nitrogens with one attached hydrogen (secondary N) is 3. The standard InChI is InChI=1S/C21H33N5O2.HI/c1-4-22-21(25-17-9-13-26(14-10-17)15-16(2)3)24-12-11-23-20(28)18-7-5-6-8-19(18)27;/h5-8,17,27H,2,4,9-15H2,1,3H3,(H,23,28)(H2,22,24,25);1H. The van der Waals surface area contributed by atoms with Gasteiger partial charge in [-0.2, -0.15) is 0 Å². The van der Waals surface area contributed by atoms with E-state index in [1.165, 1.54) is 11.6 Å².